The first kappa shape index (κ1) is 14.0. The maximum Gasteiger partial charge on any atom is 0.356 e. The zero-order valence-electron chi connectivity index (χ0n) is 11.2. The van der Waals surface area contributed by atoms with Gasteiger partial charge in [0.15, 0.2) is 0 Å². The molecule has 0 unspecified atom stereocenters. The van der Waals surface area contributed by atoms with Crippen LogP contribution in [0.3, 0.4) is 0 Å². The third kappa shape index (κ3) is 3.75. The number of aliphatic hydroxyl groups is 1. The summed E-state index contributed by atoms with van der Waals surface area (Å²) in [4.78, 5) is 18.0. The third-order valence-corrected chi connectivity index (χ3v) is 3.55. The second kappa shape index (κ2) is 6.63. The van der Waals surface area contributed by atoms with Gasteiger partial charge in [0, 0.05) is 13.2 Å². The van der Waals surface area contributed by atoms with Gasteiger partial charge in [-0.15, -0.1) is 0 Å². The number of pyridine rings is 1. The Morgan fingerprint density at radius 2 is 2.21 bits per heavy atom. The lowest BCUT2D eigenvalue weighted by atomic mass is 9.98. The Morgan fingerprint density at radius 3 is 2.84 bits per heavy atom. The molecule has 5 nitrogen and oxygen atoms in total. The average molecular weight is 264 g/mol. The second-order valence-electron chi connectivity index (χ2n) is 4.91. The summed E-state index contributed by atoms with van der Waals surface area (Å²) < 4.78 is 4.67. The van der Waals surface area contributed by atoms with Crippen LogP contribution in [0, 0.1) is 5.92 Å². The summed E-state index contributed by atoms with van der Waals surface area (Å²) in [7, 11) is 1.36. The quantitative estimate of drug-likeness (QED) is 0.824. The van der Waals surface area contributed by atoms with Gasteiger partial charge in [0.1, 0.15) is 5.69 Å². The summed E-state index contributed by atoms with van der Waals surface area (Å²) in [6.07, 6.45) is 2.04. The molecular weight excluding hydrogens is 244 g/mol. The molecule has 0 aliphatic carbocycles. The van der Waals surface area contributed by atoms with E-state index >= 15 is 0 Å². The van der Waals surface area contributed by atoms with E-state index in [2.05, 4.69) is 14.6 Å². The predicted octanol–water partition coefficient (Wildman–Crippen LogP) is 1.07. The van der Waals surface area contributed by atoms with Crippen LogP contribution in [0.15, 0.2) is 18.2 Å². The molecule has 0 saturated carbocycles. The molecule has 0 aromatic carbocycles. The first-order valence-corrected chi connectivity index (χ1v) is 6.60. The summed E-state index contributed by atoms with van der Waals surface area (Å²) in [5.41, 5.74) is 1.23. The number of ether oxygens (including phenoxy) is 1. The van der Waals surface area contributed by atoms with Crippen LogP contribution in [0.2, 0.25) is 0 Å². The highest BCUT2D eigenvalue weighted by atomic mass is 16.5. The fourth-order valence-corrected chi connectivity index (χ4v) is 2.34. The van der Waals surface area contributed by atoms with Gasteiger partial charge in [0.25, 0.3) is 0 Å². The van der Waals surface area contributed by atoms with Gasteiger partial charge in [0.2, 0.25) is 0 Å². The number of carbonyl (C=O) groups excluding carboxylic acids is 1. The molecule has 0 radical (unpaired) electrons. The molecule has 1 fully saturated rings. The van der Waals surface area contributed by atoms with Crippen molar-refractivity contribution < 1.29 is 14.6 Å². The Kier molecular flexibility index (Phi) is 4.87. The van der Waals surface area contributed by atoms with Crippen molar-refractivity contribution in [2.45, 2.75) is 19.4 Å². The number of esters is 1. The van der Waals surface area contributed by atoms with Crippen molar-refractivity contribution in [2.75, 3.05) is 26.8 Å². The summed E-state index contributed by atoms with van der Waals surface area (Å²) in [6, 6.07) is 5.41. The number of aliphatic hydroxyl groups excluding tert-OH is 1. The molecule has 1 N–H and O–H groups in total. The zero-order chi connectivity index (χ0) is 13.7. The van der Waals surface area contributed by atoms with E-state index < -0.39 is 5.97 Å². The number of hydrogen-bond acceptors (Lipinski definition) is 5. The van der Waals surface area contributed by atoms with Crippen molar-refractivity contribution in [3.63, 3.8) is 0 Å². The number of rotatable bonds is 4. The molecule has 0 spiro atoms. The molecule has 2 rings (SSSR count). The predicted molar refractivity (Wildman–Crippen MR) is 70.7 cm³/mol. The van der Waals surface area contributed by atoms with E-state index in [-0.39, 0.29) is 6.61 Å². The molecular formula is C14H20N2O3. The van der Waals surface area contributed by atoms with E-state index in [1.165, 1.54) is 7.11 Å². The lowest BCUT2D eigenvalue weighted by Crippen LogP contribution is -2.34. The van der Waals surface area contributed by atoms with Crippen molar-refractivity contribution >= 4 is 5.97 Å². The maximum absolute atomic E-state index is 11.4. The number of carbonyl (C=O) groups is 1. The fourth-order valence-electron chi connectivity index (χ4n) is 2.34. The van der Waals surface area contributed by atoms with Crippen LogP contribution in [-0.2, 0) is 11.3 Å². The molecule has 1 aromatic heterocycles. The Bertz CT molecular complexity index is 428. The molecule has 0 bridgehead atoms. The van der Waals surface area contributed by atoms with Crippen molar-refractivity contribution in [1.82, 2.24) is 9.88 Å². The van der Waals surface area contributed by atoms with Gasteiger partial charge in [-0.1, -0.05) is 6.07 Å². The lowest BCUT2D eigenvalue weighted by Gasteiger charge is -2.30. The first-order chi connectivity index (χ1) is 9.22. The SMILES string of the molecule is COC(=O)c1cccc(CN2CCC(CO)CC2)n1. The van der Waals surface area contributed by atoms with Gasteiger partial charge in [-0.25, -0.2) is 9.78 Å². The van der Waals surface area contributed by atoms with E-state index in [0.29, 0.717) is 11.6 Å². The topological polar surface area (TPSA) is 62.7 Å². The van der Waals surface area contributed by atoms with Crippen LogP contribution in [0.25, 0.3) is 0 Å². The normalized spacial score (nSPS) is 17.4. The van der Waals surface area contributed by atoms with E-state index in [9.17, 15) is 4.79 Å². The maximum atomic E-state index is 11.4. The monoisotopic (exact) mass is 264 g/mol. The first-order valence-electron chi connectivity index (χ1n) is 6.60. The Morgan fingerprint density at radius 1 is 1.47 bits per heavy atom. The van der Waals surface area contributed by atoms with Gasteiger partial charge in [-0.3, -0.25) is 4.90 Å². The smallest absolute Gasteiger partial charge is 0.356 e. The van der Waals surface area contributed by atoms with Crippen LogP contribution in [0.5, 0.6) is 0 Å². The van der Waals surface area contributed by atoms with E-state index in [0.717, 1.165) is 38.2 Å². The number of piperidine rings is 1. The number of nitrogens with zero attached hydrogens (tertiary/aromatic N) is 2. The van der Waals surface area contributed by atoms with Crippen molar-refractivity contribution in [3.8, 4) is 0 Å². The van der Waals surface area contributed by atoms with Crippen LogP contribution in [-0.4, -0.2) is 47.8 Å². The van der Waals surface area contributed by atoms with E-state index in [1.807, 2.05) is 12.1 Å². The molecule has 104 valence electrons. The molecule has 1 aliphatic rings. The molecule has 2 heterocycles. The summed E-state index contributed by atoms with van der Waals surface area (Å²) in [6.45, 7) is 2.96. The van der Waals surface area contributed by atoms with Crippen LogP contribution >= 0.6 is 0 Å². The summed E-state index contributed by atoms with van der Waals surface area (Å²) >= 11 is 0. The Labute approximate surface area is 113 Å². The highest BCUT2D eigenvalue weighted by Gasteiger charge is 2.19. The molecule has 0 amide bonds. The van der Waals surface area contributed by atoms with Crippen LogP contribution in [0.4, 0.5) is 0 Å². The molecule has 1 aliphatic heterocycles. The number of methoxy groups -OCH3 is 1. The van der Waals surface area contributed by atoms with Crippen molar-refractivity contribution in [1.29, 1.82) is 0 Å². The third-order valence-electron chi connectivity index (χ3n) is 3.55. The zero-order valence-corrected chi connectivity index (χ0v) is 11.2. The van der Waals surface area contributed by atoms with Crippen molar-refractivity contribution in [2.24, 2.45) is 5.92 Å². The number of likely N-dealkylation sites (tertiary alicyclic amines) is 1. The van der Waals surface area contributed by atoms with Gasteiger partial charge < -0.3 is 9.84 Å². The van der Waals surface area contributed by atoms with E-state index in [1.54, 1.807) is 6.07 Å². The fraction of sp³-hybridized carbons (Fsp3) is 0.571. The second-order valence-corrected chi connectivity index (χ2v) is 4.91. The van der Waals surface area contributed by atoms with Crippen LogP contribution < -0.4 is 0 Å². The van der Waals surface area contributed by atoms with Gasteiger partial charge in [-0.2, -0.15) is 0 Å². The molecule has 1 aromatic rings. The molecule has 5 heteroatoms. The van der Waals surface area contributed by atoms with Gasteiger partial charge in [-0.05, 0) is 44.0 Å². The highest BCUT2D eigenvalue weighted by molar-refractivity contribution is 5.87. The van der Waals surface area contributed by atoms with Gasteiger partial charge >= 0.3 is 5.97 Å². The standard InChI is InChI=1S/C14H20N2O3/c1-19-14(18)13-4-2-3-12(15-13)9-16-7-5-11(10-17)6-8-16/h2-4,11,17H,5-10H2,1H3. The molecule has 1 saturated heterocycles. The highest BCUT2D eigenvalue weighted by Crippen LogP contribution is 2.17. The minimum absolute atomic E-state index is 0.282. The molecule has 19 heavy (non-hydrogen) atoms. The number of aromatic nitrogens is 1. The van der Waals surface area contributed by atoms with Crippen LogP contribution in [0.1, 0.15) is 29.0 Å². The summed E-state index contributed by atoms with van der Waals surface area (Å²) in [5, 5.41) is 9.11. The minimum Gasteiger partial charge on any atom is -0.464 e. The Balaban J connectivity index is 1.94. The number of hydrogen-bond donors (Lipinski definition) is 1. The average Bonchev–Trinajstić information content (AvgIpc) is 2.47. The lowest BCUT2D eigenvalue weighted by molar-refractivity contribution is 0.0593. The Hall–Kier alpha value is -1.46. The molecule has 0 atom stereocenters. The van der Waals surface area contributed by atoms with Gasteiger partial charge in [0.05, 0.1) is 12.8 Å². The summed E-state index contributed by atoms with van der Waals surface area (Å²) in [5.74, 6) is 0.0338. The largest absolute Gasteiger partial charge is 0.464 e. The minimum atomic E-state index is -0.402. The van der Waals surface area contributed by atoms with E-state index in [4.69, 9.17) is 5.11 Å². The van der Waals surface area contributed by atoms with Crippen molar-refractivity contribution in [3.05, 3.63) is 29.6 Å².